The third kappa shape index (κ3) is 7.06. The molecule has 0 saturated heterocycles. The summed E-state index contributed by atoms with van der Waals surface area (Å²) in [5.74, 6) is 0.660. The first kappa shape index (κ1) is 22.7. The highest BCUT2D eigenvalue weighted by atomic mass is 32.2. The van der Waals surface area contributed by atoms with Crippen molar-refractivity contribution in [3.8, 4) is 5.75 Å². The Labute approximate surface area is 170 Å². The van der Waals surface area contributed by atoms with Gasteiger partial charge in [0.15, 0.2) is 0 Å². The molecular weight excluding hydrogens is 396 g/mol. The van der Waals surface area contributed by atoms with Crippen molar-refractivity contribution in [3.63, 3.8) is 0 Å². The molecule has 1 aromatic heterocycles. The molecule has 0 amide bonds. The second-order valence-corrected chi connectivity index (χ2v) is 8.78. The van der Waals surface area contributed by atoms with Gasteiger partial charge in [-0.25, -0.2) is 13.2 Å². The highest BCUT2D eigenvalue weighted by Crippen LogP contribution is 2.16. The monoisotopic (exact) mass is 424 g/mol. The fourth-order valence-corrected chi connectivity index (χ4v) is 3.38. The molecule has 0 atom stereocenters. The molecule has 9 nitrogen and oxygen atoms in total. The van der Waals surface area contributed by atoms with Crippen LogP contribution in [0.5, 0.6) is 5.75 Å². The molecule has 0 saturated carbocycles. The van der Waals surface area contributed by atoms with Gasteiger partial charge in [-0.15, -0.1) is 0 Å². The summed E-state index contributed by atoms with van der Waals surface area (Å²) in [5, 5.41) is 0. The van der Waals surface area contributed by atoms with Gasteiger partial charge in [0, 0.05) is 38.1 Å². The fraction of sp³-hybridized carbons (Fsp3) is 0.474. The number of aryl methyl sites for hydroxylation is 1. The van der Waals surface area contributed by atoms with Crippen molar-refractivity contribution in [2.24, 2.45) is 14.1 Å². The number of anilines is 1. The minimum absolute atomic E-state index is 0.289. The van der Waals surface area contributed by atoms with Crippen molar-refractivity contribution < 1.29 is 13.2 Å². The van der Waals surface area contributed by atoms with E-state index in [1.165, 1.54) is 17.7 Å². The first-order valence-corrected chi connectivity index (χ1v) is 11.1. The normalized spacial score (nSPS) is 11.6. The summed E-state index contributed by atoms with van der Waals surface area (Å²) >= 11 is 0. The minimum atomic E-state index is -3.29. The van der Waals surface area contributed by atoms with Crippen molar-refractivity contribution in [3.05, 3.63) is 56.9 Å². The van der Waals surface area contributed by atoms with Gasteiger partial charge in [0.2, 0.25) is 10.0 Å². The van der Waals surface area contributed by atoms with Crippen LogP contribution >= 0.6 is 0 Å². The van der Waals surface area contributed by atoms with Gasteiger partial charge in [-0.1, -0.05) is 0 Å². The standard InChI is InChI=1S/C19H28N4O5S/c1-21(11-5-6-16-14-18(24)23(3)19(25)22(16)2)12-13-28-17-9-7-15(8-10-17)20-29(4,26)27/h7-10,14,20H,5-6,11-13H2,1-4H3. The molecular formula is C19H28N4O5S. The van der Waals surface area contributed by atoms with Crippen LogP contribution in [0.4, 0.5) is 5.69 Å². The molecule has 0 bridgehead atoms. The number of likely N-dealkylation sites (N-methyl/N-ethyl adjacent to an activating group) is 1. The highest BCUT2D eigenvalue weighted by Gasteiger charge is 2.07. The Balaban J connectivity index is 1.75. The maximum atomic E-state index is 11.9. The lowest BCUT2D eigenvalue weighted by Gasteiger charge is -2.17. The molecule has 0 unspecified atom stereocenters. The Morgan fingerprint density at radius 3 is 2.34 bits per heavy atom. The molecule has 2 aromatic rings. The largest absolute Gasteiger partial charge is 0.492 e. The Morgan fingerprint density at radius 2 is 1.72 bits per heavy atom. The first-order valence-electron chi connectivity index (χ1n) is 9.22. The SMILES string of the molecule is CN(CCCc1cc(=O)n(C)c(=O)n1C)CCOc1ccc(NS(C)(=O)=O)cc1. The minimum Gasteiger partial charge on any atom is -0.492 e. The number of rotatable bonds is 10. The molecule has 0 aliphatic rings. The molecule has 1 N–H and O–H groups in total. The molecule has 0 spiro atoms. The van der Waals surface area contributed by atoms with Crippen LogP contribution < -0.4 is 20.7 Å². The Kier molecular flexibility index (Phi) is 7.63. The van der Waals surface area contributed by atoms with Crippen LogP contribution in [0.1, 0.15) is 12.1 Å². The van der Waals surface area contributed by atoms with Gasteiger partial charge in [-0.05, 0) is 50.7 Å². The predicted octanol–water partition coefficient (Wildman–Crippen LogP) is 0.399. The number of nitrogens with one attached hydrogen (secondary N) is 1. The van der Waals surface area contributed by atoms with E-state index >= 15 is 0 Å². The summed E-state index contributed by atoms with van der Waals surface area (Å²) in [7, 11) is 1.83. The van der Waals surface area contributed by atoms with E-state index in [-0.39, 0.29) is 11.2 Å². The van der Waals surface area contributed by atoms with Crippen LogP contribution in [0.15, 0.2) is 39.9 Å². The number of sulfonamides is 1. The van der Waals surface area contributed by atoms with Gasteiger partial charge in [-0.3, -0.25) is 14.1 Å². The van der Waals surface area contributed by atoms with E-state index in [0.29, 0.717) is 31.0 Å². The van der Waals surface area contributed by atoms with Crippen LogP contribution in [-0.4, -0.2) is 55.5 Å². The zero-order valence-electron chi connectivity index (χ0n) is 17.2. The molecule has 10 heteroatoms. The topological polar surface area (TPSA) is 103 Å². The van der Waals surface area contributed by atoms with Crippen molar-refractivity contribution in [2.45, 2.75) is 12.8 Å². The number of ether oxygens (including phenoxy) is 1. The van der Waals surface area contributed by atoms with Crippen LogP contribution in [0.2, 0.25) is 0 Å². The second-order valence-electron chi connectivity index (χ2n) is 7.03. The van der Waals surface area contributed by atoms with Gasteiger partial charge in [0.1, 0.15) is 12.4 Å². The van der Waals surface area contributed by atoms with E-state index in [0.717, 1.165) is 29.5 Å². The summed E-state index contributed by atoms with van der Waals surface area (Å²) in [6, 6.07) is 8.23. The average Bonchev–Trinajstić information content (AvgIpc) is 2.64. The van der Waals surface area contributed by atoms with Gasteiger partial charge in [-0.2, -0.15) is 0 Å². The molecule has 0 fully saturated rings. The van der Waals surface area contributed by atoms with E-state index in [1.807, 2.05) is 7.05 Å². The fourth-order valence-electron chi connectivity index (χ4n) is 2.81. The summed E-state index contributed by atoms with van der Waals surface area (Å²) in [6.07, 6.45) is 2.55. The second kappa shape index (κ2) is 9.75. The smallest absolute Gasteiger partial charge is 0.330 e. The zero-order valence-corrected chi connectivity index (χ0v) is 18.0. The third-order valence-corrected chi connectivity index (χ3v) is 5.10. The van der Waals surface area contributed by atoms with E-state index < -0.39 is 10.0 Å². The number of nitrogens with zero attached hydrogens (tertiary/aromatic N) is 3. The van der Waals surface area contributed by atoms with Crippen LogP contribution in [-0.2, 0) is 30.5 Å². The highest BCUT2D eigenvalue weighted by molar-refractivity contribution is 7.92. The Morgan fingerprint density at radius 1 is 1.07 bits per heavy atom. The summed E-state index contributed by atoms with van der Waals surface area (Å²) in [4.78, 5) is 25.8. The predicted molar refractivity (Wildman–Crippen MR) is 113 cm³/mol. The van der Waals surface area contributed by atoms with Crippen molar-refractivity contribution in [2.75, 3.05) is 37.7 Å². The lowest BCUT2D eigenvalue weighted by molar-refractivity contribution is 0.235. The average molecular weight is 425 g/mol. The Bertz CT molecular complexity index is 1040. The van der Waals surface area contributed by atoms with E-state index in [4.69, 9.17) is 4.74 Å². The summed E-state index contributed by atoms with van der Waals surface area (Å²) in [6.45, 7) is 1.99. The molecule has 0 aliphatic carbocycles. The van der Waals surface area contributed by atoms with Crippen molar-refractivity contribution in [1.82, 2.24) is 14.0 Å². The lowest BCUT2D eigenvalue weighted by atomic mass is 10.2. The molecule has 1 heterocycles. The van der Waals surface area contributed by atoms with Gasteiger partial charge >= 0.3 is 5.69 Å². The van der Waals surface area contributed by atoms with E-state index in [9.17, 15) is 18.0 Å². The summed E-state index contributed by atoms with van der Waals surface area (Å²) < 4.78 is 33.1. The number of hydrogen-bond acceptors (Lipinski definition) is 6. The van der Waals surface area contributed by atoms with E-state index in [2.05, 4.69) is 9.62 Å². The van der Waals surface area contributed by atoms with Gasteiger partial charge in [0.25, 0.3) is 5.56 Å². The number of benzene rings is 1. The van der Waals surface area contributed by atoms with Crippen LogP contribution in [0, 0.1) is 0 Å². The van der Waals surface area contributed by atoms with Crippen LogP contribution in [0.25, 0.3) is 0 Å². The molecule has 29 heavy (non-hydrogen) atoms. The van der Waals surface area contributed by atoms with Crippen LogP contribution in [0.3, 0.4) is 0 Å². The number of aromatic nitrogens is 2. The Hall–Kier alpha value is -2.59. The molecule has 1 aromatic carbocycles. The van der Waals surface area contributed by atoms with Gasteiger partial charge in [0.05, 0.1) is 6.26 Å². The van der Waals surface area contributed by atoms with Crippen molar-refractivity contribution in [1.29, 1.82) is 0 Å². The van der Waals surface area contributed by atoms with Crippen molar-refractivity contribution >= 4 is 15.7 Å². The van der Waals surface area contributed by atoms with Gasteiger partial charge < -0.3 is 14.2 Å². The third-order valence-electron chi connectivity index (χ3n) is 4.50. The maximum absolute atomic E-state index is 11.9. The summed E-state index contributed by atoms with van der Waals surface area (Å²) in [5.41, 5.74) is 0.613. The molecule has 0 aliphatic heterocycles. The number of hydrogen-bond donors (Lipinski definition) is 1. The quantitative estimate of drug-likeness (QED) is 0.592. The lowest BCUT2D eigenvalue weighted by Crippen LogP contribution is -2.38. The molecule has 160 valence electrons. The molecule has 0 radical (unpaired) electrons. The zero-order chi connectivity index (χ0) is 21.6. The maximum Gasteiger partial charge on any atom is 0.330 e. The molecule has 2 rings (SSSR count). The first-order chi connectivity index (χ1) is 13.6. The van der Waals surface area contributed by atoms with E-state index in [1.54, 1.807) is 31.3 Å².